The minimum absolute atomic E-state index is 0.0620. The number of carbonyl (C=O) groups excluding carboxylic acids is 2. The van der Waals surface area contributed by atoms with Crippen LogP contribution in [-0.4, -0.2) is 47.4 Å². The Hall–Kier alpha value is -1.57. The summed E-state index contributed by atoms with van der Waals surface area (Å²) in [6.07, 6.45) is 4.28. The summed E-state index contributed by atoms with van der Waals surface area (Å²) < 4.78 is 0. The van der Waals surface area contributed by atoms with Crippen molar-refractivity contribution < 1.29 is 19.6 Å². The average molecular weight is 435 g/mol. The molecule has 0 bridgehead atoms. The molecule has 8 heteroatoms. The number of rotatable bonds is 11. The molecule has 2 fully saturated rings. The van der Waals surface area contributed by atoms with Gasteiger partial charge in [-0.15, -0.1) is 0 Å². The van der Waals surface area contributed by atoms with E-state index in [9.17, 15) is 19.6 Å². The predicted octanol–water partition coefficient (Wildman–Crippen LogP) is 2.84. The van der Waals surface area contributed by atoms with Crippen LogP contribution >= 0.6 is 11.6 Å². The molecule has 3 N–H and O–H groups in total. The summed E-state index contributed by atoms with van der Waals surface area (Å²) in [5, 5.41) is 22.7. The van der Waals surface area contributed by atoms with Crippen molar-refractivity contribution in [3.8, 4) is 0 Å². The smallest absolute Gasteiger partial charge is 0.426 e. The lowest BCUT2D eigenvalue weighted by Gasteiger charge is -2.42. The highest BCUT2D eigenvalue weighted by molar-refractivity contribution is 6.43. The van der Waals surface area contributed by atoms with Crippen molar-refractivity contribution in [3.05, 3.63) is 29.3 Å². The first-order valence-electron chi connectivity index (χ1n) is 11.0. The van der Waals surface area contributed by atoms with E-state index in [1.165, 1.54) is 0 Å². The maximum Gasteiger partial charge on any atom is 0.475 e. The molecule has 164 valence electrons. The summed E-state index contributed by atoms with van der Waals surface area (Å²) in [6, 6.07) is 7.25. The van der Waals surface area contributed by atoms with E-state index in [-0.39, 0.29) is 30.1 Å². The summed E-state index contributed by atoms with van der Waals surface area (Å²) in [5.74, 6) is -0.640. The number of nitrogens with one attached hydrogen (secondary N) is 1. The van der Waals surface area contributed by atoms with Crippen LogP contribution < -0.4 is 10.2 Å². The van der Waals surface area contributed by atoms with Crippen molar-refractivity contribution in [1.82, 2.24) is 5.32 Å². The molecule has 2 aliphatic rings. The van der Waals surface area contributed by atoms with Gasteiger partial charge in [-0.1, -0.05) is 44.4 Å². The fraction of sp³-hybridized carbons (Fsp3) is 0.636. The SMILES string of the molecule is CC(C)CC(NC(=O)C(CC(=O)C1CCN1c1cccc(Cl)c1)CC1CC1)B(O)O. The van der Waals surface area contributed by atoms with E-state index in [0.29, 0.717) is 23.8 Å². The van der Waals surface area contributed by atoms with E-state index in [2.05, 4.69) is 5.32 Å². The van der Waals surface area contributed by atoms with Crippen LogP contribution in [-0.2, 0) is 9.59 Å². The number of nitrogens with zero attached hydrogens (tertiary/aromatic N) is 1. The van der Waals surface area contributed by atoms with Gasteiger partial charge in [0.15, 0.2) is 5.78 Å². The number of anilines is 1. The number of halogens is 1. The minimum Gasteiger partial charge on any atom is -0.426 e. The molecule has 1 aromatic rings. The first kappa shape index (κ1) is 23.1. The quantitative estimate of drug-likeness (QED) is 0.466. The lowest BCUT2D eigenvalue weighted by Crippen LogP contribution is -2.54. The van der Waals surface area contributed by atoms with E-state index < -0.39 is 19.0 Å². The van der Waals surface area contributed by atoms with Crippen LogP contribution in [0, 0.1) is 17.8 Å². The van der Waals surface area contributed by atoms with Crippen LogP contribution in [0.15, 0.2) is 24.3 Å². The molecule has 1 aliphatic carbocycles. The summed E-state index contributed by atoms with van der Waals surface area (Å²) in [7, 11) is -1.61. The van der Waals surface area contributed by atoms with Gasteiger partial charge < -0.3 is 20.3 Å². The highest BCUT2D eigenvalue weighted by atomic mass is 35.5. The molecule has 3 atom stereocenters. The Balaban J connectivity index is 1.63. The molecule has 3 unspecified atom stereocenters. The first-order valence-corrected chi connectivity index (χ1v) is 11.3. The number of ketones is 1. The molecule has 0 aromatic heterocycles. The van der Waals surface area contributed by atoms with Crippen LogP contribution in [0.1, 0.15) is 52.4 Å². The number of Topliss-reactive ketones (excluding diaryl/α,β-unsaturated/α-hetero) is 1. The van der Waals surface area contributed by atoms with Gasteiger partial charge >= 0.3 is 7.12 Å². The van der Waals surface area contributed by atoms with Gasteiger partial charge in [-0.3, -0.25) is 9.59 Å². The molecule has 0 spiro atoms. The van der Waals surface area contributed by atoms with Crippen molar-refractivity contribution in [1.29, 1.82) is 0 Å². The lowest BCUT2D eigenvalue weighted by molar-refractivity contribution is -0.131. The van der Waals surface area contributed by atoms with Crippen LogP contribution in [0.2, 0.25) is 5.02 Å². The monoisotopic (exact) mass is 434 g/mol. The summed E-state index contributed by atoms with van der Waals surface area (Å²) >= 11 is 6.09. The Kier molecular flexibility index (Phi) is 7.83. The molecule has 1 amide bonds. The number of carbonyl (C=O) groups is 2. The van der Waals surface area contributed by atoms with Gasteiger partial charge in [0.1, 0.15) is 0 Å². The Bertz CT molecular complexity index is 756. The number of benzene rings is 1. The summed E-state index contributed by atoms with van der Waals surface area (Å²) in [4.78, 5) is 28.0. The maximum absolute atomic E-state index is 13.1. The fourth-order valence-electron chi connectivity index (χ4n) is 4.17. The second-order valence-electron chi connectivity index (χ2n) is 9.18. The number of amides is 1. The molecule has 0 radical (unpaired) electrons. The Labute approximate surface area is 184 Å². The van der Waals surface area contributed by atoms with Crippen molar-refractivity contribution in [2.75, 3.05) is 11.4 Å². The van der Waals surface area contributed by atoms with Gasteiger partial charge in [-0.2, -0.15) is 0 Å². The molecule has 1 saturated carbocycles. The molecule has 1 aliphatic heterocycles. The fourth-order valence-corrected chi connectivity index (χ4v) is 4.35. The molecule has 1 aromatic carbocycles. The Morgan fingerprint density at radius 3 is 2.53 bits per heavy atom. The van der Waals surface area contributed by atoms with Crippen molar-refractivity contribution in [2.45, 2.75) is 64.4 Å². The van der Waals surface area contributed by atoms with Gasteiger partial charge in [-0.05, 0) is 49.3 Å². The van der Waals surface area contributed by atoms with E-state index in [4.69, 9.17) is 11.6 Å². The minimum atomic E-state index is -1.61. The van der Waals surface area contributed by atoms with Crippen LogP contribution in [0.4, 0.5) is 5.69 Å². The third kappa shape index (κ3) is 6.22. The van der Waals surface area contributed by atoms with Crippen LogP contribution in [0.3, 0.4) is 0 Å². The topological polar surface area (TPSA) is 89.9 Å². The number of hydrogen-bond acceptors (Lipinski definition) is 5. The highest BCUT2D eigenvalue weighted by Crippen LogP contribution is 2.37. The second-order valence-corrected chi connectivity index (χ2v) is 9.62. The van der Waals surface area contributed by atoms with Gasteiger partial charge in [0, 0.05) is 29.6 Å². The average Bonchev–Trinajstić information content (AvgIpc) is 3.43. The summed E-state index contributed by atoms with van der Waals surface area (Å²) in [6.45, 7) is 4.73. The molecule has 30 heavy (non-hydrogen) atoms. The van der Waals surface area contributed by atoms with E-state index in [1.54, 1.807) is 6.07 Å². The van der Waals surface area contributed by atoms with Gasteiger partial charge in [0.2, 0.25) is 5.91 Å². The van der Waals surface area contributed by atoms with E-state index in [1.807, 2.05) is 36.9 Å². The molecule has 3 rings (SSSR count). The number of hydrogen-bond donors (Lipinski definition) is 3. The first-order chi connectivity index (χ1) is 14.2. The van der Waals surface area contributed by atoms with E-state index >= 15 is 0 Å². The van der Waals surface area contributed by atoms with Crippen molar-refractivity contribution in [3.63, 3.8) is 0 Å². The summed E-state index contributed by atoms with van der Waals surface area (Å²) in [5.41, 5.74) is 0.927. The third-order valence-electron chi connectivity index (χ3n) is 6.08. The Morgan fingerprint density at radius 2 is 2.00 bits per heavy atom. The Morgan fingerprint density at radius 1 is 1.27 bits per heavy atom. The van der Waals surface area contributed by atoms with Gasteiger partial charge in [0.05, 0.1) is 12.0 Å². The zero-order chi connectivity index (χ0) is 21.8. The lowest BCUT2D eigenvalue weighted by atomic mass is 9.74. The molecule has 1 saturated heterocycles. The van der Waals surface area contributed by atoms with Crippen molar-refractivity contribution >= 4 is 36.1 Å². The molecular weight excluding hydrogens is 403 g/mol. The largest absolute Gasteiger partial charge is 0.475 e. The zero-order valence-corrected chi connectivity index (χ0v) is 18.5. The second kappa shape index (κ2) is 10.2. The molecular formula is C22H32BClN2O4. The van der Waals surface area contributed by atoms with Crippen LogP contribution in [0.5, 0.6) is 0 Å². The van der Waals surface area contributed by atoms with Gasteiger partial charge in [0.25, 0.3) is 0 Å². The van der Waals surface area contributed by atoms with Gasteiger partial charge in [-0.25, -0.2) is 0 Å². The standard InChI is InChI=1S/C22H32BClN2O4/c1-14(2)10-21(23(29)30)25-22(28)16(11-15-6-7-15)12-20(27)19-8-9-26(19)18-5-3-4-17(24)13-18/h3-5,13-16,19,21,29-30H,6-12H2,1-2H3,(H,25,28). The predicted molar refractivity (Wildman–Crippen MR) is 119 cm³/mol. The zero-order valence-electron chi connectivity index (χ0n) is 17.8. The maximum atomic E-state index is 13.1. The molecule has 6 nitrogen and oxygen atoms in total. The van der Waals surface area contributed by atoms with E-state index in [0.717, 1.165) is 31.5 Å². The molecule has 1 heterocycles. The normalized spacial score (nSPS) is 20.5. The van der Waals surface area contributed by atoms with Crippen LogP contribution in [0.25, 0.3) is 0 Å². The third-order valence-corrected chi connectivity index (χ3v) is 6.31. The highest BCUT2D eigenvalue weighted by Gasteiger charge is 2.39. The van der Waals surface area contributed by atoms with Crippen molar-refractivity contribution in [2.24, 2.45) is 17.8 Å².